The van der Waals surface area contributed by atoms with Gasteiger partial charge in [0.25, 0.3) is 0 Å². The zero-order valence-electron chi connectivity index (χ0n) is 23.0. The largest absolute Gasteiger partial charge is 0.355 e. The van der Waals surface area contributed by atoms with Crippen LogP contribution in [0.25, 0.3) is 0 Å². The van der Waals surface area contributed by atoms with Crippen LogP contribution >= 0.6 is 45.2 Å². The molecule has 0 spiro atoms. The predicted octanol–water partition coefficient (Wildman–Crippen LogP) is 10.4. The first kappa shape index (κ1) is 35.8. The van der Waals surface area contributed by atoms with E-state index >= 15 is 0 Å². The smallest absolute Gasteiger partial charge is 0.149 e. The number of alkyl halides is 2. The molecular formula is C30H56I2O3. The average Bonchev–Trinajstić information content (AvgIpc) is 2.85. The third kappa shape index (κ3) is 30.9. The Kier molecular flexibility index (Phi) is 31.8. The molecule has 0 N–H and O–H groups in total. The predicted molar refractivity (Wildman–Crippen MR) is 171 cm³/mol. The van der Waals surface area contributed by atoms with Gasteiger partial charge < -0.3 is 14.2 Å². The van der Waals surface area contributed by atoms with Crippen molar-refractivity contribution in [1.82, 2.24) is 0 Å². The Morgan fingerprint density at radius 1 is 0.514 bits per heavy atom. The molecule has 0 rings (SSSR count). The molecule has 208 valence electrons. The molecule has 35 heavy (non-hydrogen) atoms. The molecule has 0 radical (unpaired) electrons. The Morgan fingerprint density at radius 3 is 1.29 bits per heavy atom. The van der Waals surface area contributed by atoms with E-state index in [9.17, 15) is 0 Å². The first-order valence-electron chi connectivity index (χ1n) is 14.4. The molecule has 0 aromatic carbocycles. The second kappa shape index (κ2) is 31.0. The summed E-state index contributed by atoms with van der Waals surface area (Å²) in [6.45, 7) is 6.64. The summed E-state index contributed by atoms with van der Waals surface area (Å²) in [5, 5.41) is 0. The van der Waals surface area contributed by atoms with Crippen LogP contribution in [0.15, 0.2) is 24.3 Å². The van der Waals surface area contributed by atoms with E-state index in [4.69, 9.17) is 14.2 Å². The molecule has 0 amide bonds. The normalized spacial score (nSPS) is 13.8. The molecule has 0 aromatic heterocycles. The highest BCUT2D eigenvalue weighted by molar-refractivity contribution is 14.1. The van der Waals surface area contributed by atoms with Gasteiger partial charge in [-0.1, -0.05) is 135 Å². The molecule has 0 aliphatic heterocycles. The van der Waals surface area contributed by atoms with E-state index in [0.29, 0.717) is 25.4 Å². The Labute approximate surface area is 246 Å². The van der Waals surface area contributed by atoms with Crippen LogP contribution in [0.2, 0.25) is 0 Å². The molecule has 0 saturated heterocycles. The third-order valence-corrected chi connectivity index (χ3v) is 7.73. The summed E-state index contributed by atoms with van der Waals surface area (Å²) < 4.78 is 19.2. The Balaban J connectivity index is 3.36. The highest BCUT2D eigenvalue weighted by Gasteiger charge is 1.99. The van der Waals surface area contributed by atoms with Gasteiger partial charge >= 0.3 is 0 Å². The van der Waals surface area contributed by atoms with Crippen molar-refractivity contribution in [1.29, 1.82) is 0 Å². The molecule has 5 heteroatoms. The second-order valence-electron chi connectivity index (χ2n) is 9.84. The topological polar surface area (TPSA) is 27.7 Å². The van der Waals surface area contributed by atoms with E-state index in [1.807, 2.05) is 0 Å². The van der Waals surface area contributed by atoms with Gasteiger partial charge in [-0.15, -0.1) is 0 Å². The van der Waals surface area contributed by atoms with Crippen LogP contribution in [0, 0.1) is 11.8 Å². The molecule has 2 atom stereocenters. The van der Waals surface area contributed by atoms with Crippen LogP contribution in [0.4, 0.5) is 0 Å². The van der Waals surface area contributed by atoms with Gasteiger partial charge in [-0.05, 0) is 72.1 Å². The average molecular weight is 719 g/mol. The fourth-order valence-electron chi connectivity index (χ4n) is 3.79. The lowest BCUT2D eigenvalue weighted by atomic mass is 10.1. The van der Waals surface area contributed by atoms with Crippen molar-refractivity contribution in [3.63, 3.8) is 0 Å². The summed E-state index contributed by atoms with van der Waals surface area (Å²) >= 11 is 4.94. The summed E-state index contributed by atoms with van der Waals surface area (Å²) in [6, 6.07) is 0. The number of unbranched alkanes of at least 4 members (excludes halogenated alkanes) is 12. The number of ether oxygens (including phenoxy) is 3. The van der Waals surface area contributed by atoms with E-state index in [1.165, 1.54) is 98.7 Å². The number of halogens is 2. The van der Waals surface area contributed by atoms with Gasteiger partial charge in [-0.3, -0.25) is 0 Å². The molecular weight excluding hydrogens is 662 g/mol. The van der Waals surface area contributed by atoms with Crippen molar-refractivity contribution in [2.24, 2.45) is 11.8 Å². The summed E-state index contributed by atoms with van der Waals surface area (Å²) in [4.78, 5) is 0. The number of hydrogen-bond donors (Lipinski definition) is 0. The quantitative estimate of drug-likeness (QED) is 0.0265. The highest BCUT2D eigenvalue weighted by atomic mass is 127. The van der Waals surface area contributed by atoms with Crippen LogP contribution in [0.5, 0.6) is 0 Å². The Hall–Kier alpha value is 0.820. The fraction of sp³-hybridized carbons (Fsp3) is 0.867. The van der Waals surface area contributed by atoms with Gasteiger partial charge in [-0.25, -0.2) is 0 Å². The molecule has 0 aliphatic carbocycles. The zero-order chi connectivity index (χ0) is 25.7. The van der Waals surface area contributed by atoms with E-state index < -0.39 is 0 Å². The Morgan fingerprint density at radius 2 is 0.886 bits per heavy atom. The second-order valence-corrected chi connectivity index (χ2v) is 12.0. The number of rotatable bonds is 28. The molecule has 3 nitrogen and oxygen atoms in total. The zero-order valence-corrected chi connectivity index (χ0v) is 27.3. The van der Waals surface area contributed by atoms with Crippen molar-refractivity contribution in [2.75, 3.05) is 35.7 Å². The number of allylic oxidation sites excluding steroid dienone is 4. The van der Waals surface area contributed by atoms with Crippen LogP contribution in [-0.2, 0) is 14.2 Å². The lowest BCUT2D eigenvalue weighted by Gasteiger charge is -2.10. The van der Waals surface area contributed by atoms with Crippen LogP contribution in [0.1, 0.15) is 117 Å². The Bertz CT molecular complexity index is 417. The molecule has 0 heterocycles. The maximum absolute atomic E-state index is 5.59. The fourth-order valence-corrected chi connectivity index (χ4v) is 4.86. The van der Waals surface area contributed by atoms with Crippen molar-refractivity contribution in [3.8, 4) is 0 Å². The summed E-state index contributed by atoms with van der Waals surface area (Å²) in [6.07, 6.45) is 30.5. The van der Waals surface area contributed by atoms with Gasteiger partial charge in [0.15, 0.2) is 0 Å². The first-order valence-corrected chi connectivity index (χ1v) is 17.4. The minimum Gasteiger partial charge on any atom is -0.355 e. The van der Waals surface area contributed by atoms with Crippen LogP contribution < -0.4 is 0 Å². The SMILES string of the molecule is CC(C=CCCCCCCCCI)CCOCOCOCCC(C)C=CCCCCCCCCI. The lowest BCUT2D eigenvalue weighted by Crippen LogP contribution is -2.08. The molecule has 0 aliphatic rings. The van der Waals surface area contributed by atoms with E-state index in [2.05, 4.69) is 83.3 Å². The minimum absolute atomic E-state index is 0.321. The molecule has 0 saturated carbocycles. The number of hydrogen-bond acceptors (Lipinski definition) is 3. The maximum atomic E-state index is 5.59. The van der Waals surface area contributed by atoms with Crippen molar-refractivity contribution >= 4 is 45.2 Å². The van der Waals surface area contributed by atoms with E-state index in [0.717, 1.165) is 26.1 Å². The van der Waals surface area contributed by atoms with E-state index in [1.54, 1.807) is 0 Å². The highest BCUT2D eigenvalue weighted by Crippen LogP contribution is 2.11. The first-order chi connectivity index (χ1) is 17.2. The summed E-state index contributed by atoms with van der Waals surface area (Å²) in [7, 11) is 0. The standard InChI is InChI=1S/C30H56I2O3/c1-29(19-15-11-7-3-5-9-13-17-23-31)21-25-33-27-35-28-34-26-22-30(2)20-16-12-8-4-6-10-14-18-24-32/h15-16,19-20,29-30H,3-14,17-18,21-28H2,1-2H3. The van der Waals surface area contributed by atoms with Gasteiger partial charge in [0.05, 0.1) is 0 Å². The van der Waals surface area contributed by atoms with Gasteiger partial charge in [0, 0.05) is 13.2 Å². The minimum atomic E-state index is 0.321. The summed E-state index contributed by atoms with van der Waals surface area (Å²) in [5.74, 6) is 1.13. The lowest BCUT2D eigenvalue weighted by molar-refractivity contribution is -0.132. The van der Waals surface area contributed by atoms with Gasteiger partial charge in [-0.2, -0.15) is 0 Å². The monoisotopic (exact) mass is 718 g/mol. The molecule has 0 bridgehead atoms. The maximum Gasteiger partial charge on any atom is 0.149 e. The third-order valence-electron chi connectivity index (χ3n) is 6.21. The van der Waals surface area contributed by atoms with Crippen molar-refractivity contribution in [2.45, 2.75) is 117 Å². The molecule has 0 aromatic rings. The van der Waals surface area contributed by atoms with Crippen molar-refractivity contribution in [3.05, 3.63) is 24.3 Å². The molecule has 0 fully saturated rings. The summed E-state index contributed by atoms with van der Waals surface area (Å²) in [5.41, 5.74) is 0. The van der Waals surface area contributed by atoms with Crippen molar-refractivity contribution < 1.29 is 14.2 Å². The molecule has 2 unspecified atom stereocenters. The van der Waals surface area contributed by atoms with Gasteiger partial charge in [0.2, 0.25) is 0 Å². The van der Waals surface area contributed by atoms with Gasteiger partial charge in [0.1, 0.15) is 13.6 Å². The van der Waals surface area contributed by atoms with E-state index in [-0.39, 0.29) is 0 Å². The van der Waals surface area contributed by atoms with Crippen LogP contribution in [0.3, 0.4) is 0 Å². The van der Waals surface area contributed by atoms with Crippen LogP contribution in [-0.4, -0.2) is 35.7 Å².